The Morgan fingerprint density at radius 3 is 2.81 bits per heavy atom. The van der Waals surface area contributed by atoms with Crippen LogP contribution in [0.5, 0.6) is 5.75 Å². The van der Waals surface area contributed by atoms with Gasteiger partial charge in [-0.1, -0.05) is 17.7 Å². The van der Waals surface area contributed by atoms with Crippen molar-refractivity contribution >= 4 is 27.3 Å². The van der Waals surface area contributed by atoms with E-state index in [0.717, 1.165) is 0 Å². The van der Waals surface area contributed by atoms with Gasteiger partial charge >= 0.3 is 0 Å². The van der Waals surface area contributed by atoms with Crippen molar-refractivity contribution in [1.29, 1.82) is 0 Å². The Bertz CT molecular complexity index is 461. The number of sulfonamides is 1. The Morgan fingerprint density at radius 1 is 1.50 bits per heavy atom. The van der Waals surface area contributed by atoms with Crippen LogP contribution in [0.2, 0.25) is 5.02 Å². The average molecular weight is 266 g/mol. The molecule has 0 spiro atoms. The highest BCUT2D eigenvalue weighted by molar-refractivity contribution is 7.92. The van der Waals surface area contributed by atoms with Gasteiger partial charge in [0.2, 0.25) is 10.0 Å². The van der Waals surface area contributed by atoms with Crippen molar-refractivity contribution in [3.8, 4) is 5.75 Å². The van der Waals surface area contributed by atoms with Crippen LogP contribution in [0.4, 0.5) is 5.69 Å². The zero-order chi connectivity index (χ0) is 12.2. The molecule has 90 valence electrons. The Labute approximate surface area is 99.0 Å². The first-order valence-electron chi connectivity index (χ1n) is 4.43. The molecule has 1 aromatic carbocycles. The van der Waals surface area contributed by atoms with Gasteiger partial charge in [0.05, 0.1) is 23.1 Å². The lowest BCUT2D eigenvalue weighted by atomic mass is 10.3. The van der Waals surface area contributed by atoms with Crippen molar-refractivity contribution in [3.63, 3.8) is 0 Å². The molecule has 0 radical (unpaired) electrons. The van der Waals surface area contributed by atoms with Crippen molar-refractivity contribution < 1.29 is 18.3 Å². The molecule has 0 heterocycles. The molecule has 16 heavy (non-hydrogen) atoms. The molecular weight excluding hydrogens is 254 g/mol. The molecule has 5 nitrogen and oxygen atoms in total. The summed E-state index contributed by atoms with van der Waals surface area (Å²) in [5.41, 5.74) is 0.0589. The van der Waals surface area contributed by atoms with E-state index in [-0.39, 0.29) is 28.8 Å². The Hall–Kier alpha value is -0.980. The van der Waals surface area contributed by atoms with Crippen molar-refractivity contribution in [2.75, 3.05) is 24.2 Å². The normalized spacial score (nSPS) is 11.4. The molecule has 1 aromatic rings. The minimum absolute atomic E-state index is 0.0589. The molecular formula is C9H12ClNO4S. The van der Waals surface area contributed by atoms with E-state index < -0.39 is 10.0 Å². The maximum Gasteiger partial charge on any atom is 0.235 e. The van der Waals surface area contributed by atoms with Crippen LogP contribution in [-0.4, -0.2) is 33.0 Å². The van der Waals surface area contributed by atoms with Gasteiger partial charge in [0.25, 0.3) is 0 Å². The summed E-state index contributed by atoms with van der Waals surface area (Å²) in [6, 6.07) is 4.42. The molecule has 0 aliphatic heterocycles. The molecule has 0 aromatic heterocycles. The van der Waals surface area contributed by atoms with Crippen LogP contribution >= 0.6 is 11.6 Å². The zero-order valence-corrected chi connectivity index (χ0v) is 10.2. The number of phenolic OH excluding ortho intramolecular Hbond substituents is 1. The van der Waals surface area contributed by atoms with Crippen molar-refractivity contribution in [1.82, 2.24) is 0 Å². The fourth-order valence-corrected chi connectivity index (χ4v) is 2.17. The predicted octanol–water partition coefficient (Wildman–Crippen LogP) is 1.43. The summed E-state index contributed by atoms with van der Waals surface area (Å²) in [6.45, 7) is 0.0800. The van der Waals surface area contributed by atoms with Gasteiger partial charge in [0, 0.05) is 7.11 Å². The van der Waals surface area contributed by atoms with E-state index in [1.54, 1.807) is 0 Å². The first-order valence-corrected chi connectivity index (χ1v) is 6.46. The quantitative estimate of drug-likeness (QED) is 0.790. The maximum atomic E-state index is 11.5. The Morgan fingerprint density at radius 2 is 2.19 bits per heavy atom. The van der Waals surface area contributed by atoms with Crippen LogP contribution in [-0.2, 0) is 14.8 Å². The van der Waals surface area contributed by atoms with Gasteiger partial charge in [0.15, 0.2) is 5.75 Å². The van der Waals surface area contributed by atoms with E-state index in [4.69, 9.17) is 11.6 Å². The number of phenols is 1. The highest BCUT2D eigenvalue weighted by Crippen LogP contribution is 2.31. The van der Waals surface area contributed by atoms with Crippen LogP contribution in [0, 0.1) is 0 Å². The number of ether oxygens (including phenoxy) is 1. The standard InChI is InChI=1S/C9H12ClNO4S/c1-15-5-6-16(13,14)11-8-4-2-3-7(10)9(8)12/h2-4,11-12H,5-6H2,1H3. The number of benzene rings is 1. The van der Waals surface area contributed by atoms with Crippen molar-refractivity contribution in [2.45, 2.75) is 0 Å². The lowest BCUT2D eigenvalue weighted by Gasteiger charge is -2.09. The summed E-state index contributed by atoms with van der Waals surface area (Å²) >= 11 is 5.64. The largest absolute Gasteiger partial charge is 0.504 e. The highest BCUT2D eigenvalue weighted by atomic mass is 35.5. The smallest absolute Gasteiger partial charge is 0.235 e. The number of methoxy groups -OCH3 is 1. The fraction of sp³-hybridized carbons (Fsp3) is 0.333. The van der Waals surface area contributed by atoms with Gasteiger partial charge in [-0.3, -0.25) is 4.72 Å². The summed E-state index contributed by atoms with van der Waals surface area (Å²) in [5, 5.41) is 9.59. The van der Waals surface area contributed by atoms with E-state index >= 15 is 0 Å². The molecule has 0 amide bonds. The third-order valence-electron chi connectivity index (χ3n) is 1.81. The van der Waals surface area contributed by atoms with Gasteiger partial charge in [-0.15, -0.1) is 0 Å². The molecule has 0 bridgehead atoms. The van der Waals surface area contributed by atoms with Crippen LogP contribution in [0.3, 0.4) is 0 Å². The van der Waals surface area contributed by atoms with Crippen molar-refractivity contribution in [3.05, 3.63) is 23.2 Å². The van der Waals surface area contributed by atoms with Gasteiger partial charge in [-0.25, -0.2) is 8.42 Å². The maximum absolute atomic E-state index is 11.5. The monoisotopic (exact) mass is 265 g/mol. The zero-order valence-electron chi connectivity index (χ0n) is 8.60. The molecule has 0 aliphatic carbocycles. The van der Waals surface area contributed by atoms with Gasteiger partial charge in [-0.05, 0) is 12.1 Å². The molecule has 1 rings (SSSR count). The van der Waals surface area contributed by atoms with E-state index in [9.17, 15) is 13.5 Å². The summed E-state index contributed by atoms with van der Waals surface area (Å²) < 4.78 is 29.8. The van der Waals surface area contributed by atoms with Gasteiger partial charge < -0.3 is 9.84 Å². The molecule has 0 saturated carbocycles. The number of rotatable bonds is 5. The van der Waals surface area contributed by atoms with E-state index in [2.05, 4.69) is 9.46 Å². The lowest BCUT2D eigenvalue weighted by Crippen LogP contribution is -2.19. The van der Waals surface area contributed by atoms with Crippen LogP contribution < -0.4 is 4.72 Å². The topological polar surface area (TPSA) is 75.6 Å². The fourth-order valence-electron chi connectivity index (χ4n) is 1.01. The van der Waals surface area contributed by atoms with E-state index in [1.807, 2.05) is 0 Å². The molecule has 0 saturated heterocycles. The second-order valence-corrected chi connectivity index (χ2v) is 5.30. The molecule has 2 N–H and O–H groups in total. The summed E-state index contributed by atoms with van der Waals surface area (Å²) in [7, 11) is -2.12. The molecule has 7 heteroatoms. The number of para-hydroxylation sites is 1. The Kier molecular flexibility index (Phi) is 4.40. The highest BCUT2D eigenvalue weighted by Gasteiger charge is 2.13. The third kappa shape index (κ3) is 3.55. The Balaban J connectivity index is 2.84. The van der Waals surface area contributed by atoms with Crippen molar-refractivity contribution in [2.24, 2.45) is 0 Å². The number of hydrogen-bond donors (Lipinski definition) is 2. The first-order chi connectivity index (χ1) is 7.46. The minimum atomic E-state index is -3.53. The lowest BCUT2D eigenvalue weighted by molar-refractivity contribution is 0.217. The molecule has 0 unspecified atom stereocenters. The van der Waals surface area contributed by atoms with E-state index in [1.165, 1.54) is 25.3 Å². The van der Waals surface area contributed by atoms with Crippen LogP contribution in [0.25, 0.3) is 0 Å². The SMILES string of the molecule is COCCS(=O)(=O)Nc1cccc(Cl)c1O. The number of nitrogens with one attached hydrogen (secondary N) is 1. The summed E-state index contributed by atoms with van der Waals surface area (Å²) in [5.74, 6) is -0.472. The molecule has 0 atom stereocenters. The number of halogens is 1. The number of anilines is 1. The predicted molar refractivity (Wildman–Crippen MR) is 62.4 cm³/mol. The minimum Gasteiger partial charge on any atom is -0.504 e. The van der Waals surface area contributed by atoms with Crippen LogP contribution in [0.15, 0.2) is 18.2 Å². The van der Waals surface area contributed by atoms with E-state index in [0.29, 0.717) is 0 Å². The molecule has 0 fully saturated rings. The summed E-state index contributed by atoms with van der Waals surface area (Å²) in [6.07, 6.45) is 0. The summed E-state index contributed by atoms with van der Waals surface area (Å²) in [4.78, 5) is 0. The number of hydrogen-bond acceptors (Lipinski definition) is 4. The molecule has 0 aliphatic rings. The number of aromatic hydroxyl groups is 1. The second-order valence-electron chi connectivity index (χ2n) is 3.05. The van der Waals surface area contributed by atoms with Gasteiger partial charge in [-0.2, -0.15) is 0 Å². The third-order valence-corrected chi connectivity index (χ3v) is 3.35. The average Bonchev–Trinajstić information content (AvgIpc) is 2.22. The van der Waals surface area contributed by atoms with Crippen LogP contribution in [0.1, 0.15) is 0 Å². The first kappa shape index (κ1) is 13.1. The second kappa shape index (κ2) is 5.38. The van der Waals surface area contributed by atoms with Gasteiger partial charge in [0.1, 0.15) is 0 Å².